The maximum Gasteiger partial charge on any atom is 0.242 e. The van der Waals surface area contributed by atoms with Gasteiger partial charge in [0.05, 0.1) is 21.5 Å². The predicted octanol–water partition coefficient (Wildman–Crippen LogP) is 4.92. The largest absolute Gasteiger partial charge is 0.494 e. The fourth-order valence-electron chi connectivity index (χ4n) is 2.98. The average molecular weight is 493 g/mol. The summed E-state index contributed by atoms with van der Waals surface area (Å²) in [5, 5.41) is 3.33. The Balaban J connectivity index is 1.84. The van der Waals surface area contributed by atoms with Crippen LogP contribution in [-0.4, -0.2) is 27.0 Å². The lowest BCUT2D eigenvalue weighted by Crippen LogP contribution is -2.45. The van der Waals surface area contributed by atoms with Crippen LogP contribution in [0.4, 0.5) is 5.69 Å². The molecule has 0 bridgehead atoms. The summed E-state index contributed by atoms with van der Waals surface area (Å²) in [5.41, 5.74) is 1.21. The van der Waals surface area contributed by atoms with Crippen molar-refractivity contribution in [2.24, 2.45) is 0 Å². The molecule has 0 radical (unpaired) electrons. The molecule has 168 valence electrons. The lowest BCUT2D eigenvalue weighted by molar-refractivity contribution is -0.117. The second-order valence-electron chi connectivity index (χ2n) is 6.89. The smallest absolute Gasteiger partial charge is 0.242 e. The Morgan fingerprint density at radius 3 is 2.28 bits per heavy atom. The van der Waals surface area contributed by atoms with Crippen molar-refractivity contribution in [3.05, 3.63) is 88.4 Å². The van der Waals surface area contributed by atoms with Gasteiger partial charge in [0, 0.05) is 5.69 Å². The number of hydrogen-bond acceptors (Lipinski definition) is 4. The molecule has 2 N–H and O–H groups in total. The van der Waals surface area contributed by atoms with Gasteiger partial charge in [0.15, 0.2) is 0 Å². The first-order chi connectivity index (χ1) is 15.3. The van der Waals surface area contributed by atoms with Crippen LogP contribution in [0.5, 0.6) is 5.75 Å². The Hall–Kier alpha value is -2.58. The van der Waals surface area contributed by atoms with Crippen LogP contribution in [0.1, 0.15) is 12.5 Å². The molecule has 0 aliphatic rings. The van der Waals surface area contributed by atoms with Gasteiger partial charge < -0.3 is 10.1 Å². The first kappa shape index (κ1) is 24.1. The second-order valence-corrected chi connectivity index (χ2v) is 9.41. The van der Waals surface area contributed by atoms with Gasteiger partial charge in [-0.05, 0) is 61.4 Å². The molecule has 0 saturated carbocycles. The molecule has 6 nitrogen and oxygen atoms in total. The highest BCUT2D eigenvalue weighted by Gasteiger charge is 2.26. The highest BCUT2D eigenvalue weighted by molar-refractivity contribution is 7.89. The first-order valence-corrected chi connectivity index (χ1v) is 12.1. The Kier molecular flexibility index (Phi) is 8.15. The van der Waals surface area contributed by atoms with Crippen molar-refractivity contribution in [1.82, 2.24) is 4.72 Å². The number of halogens is 2. The Morgan fingerprint density at radius 1 is 0.969 bits per heavy atom. The number of amides is 1. The minimum atomic E-state index is -3.98. The summed E-state index contributed by atoms with van der Waals surface area (Å²) in [6, 6.07) is 18.7. The number of sulfonamides is 1. The van der Waals surface area contributed by atoms with Gasteiger partial charge in [-0.2, -0.15) is 4.72 Å². The fraction of sp³-hybridized carbons (Fsp3) is 0.174. The molecule has 3 aromatic rings. The van der Waals surface area contributed by atoms with Crippen LogP contribution in [0.25, 0.3) is 0 Å². The van der Waals surface area contributed by atoms with Crippen LogP contribution in [0, 0.1) is 0 Å². The zero-order valence-corrected chi connectivity index (χ0v) is 19.5. The van der Waals surface area contributed by atoms with E-state index in [1.807, 2.05) is 37.3 Å². The summed E-state index contributed by atoms with van der Waals surface area (Å²) in [6.07, 6.45) is 0.157. The average Bonchev–Trinajstić information content (AvgIpc) is 2.77. The molecule has 1 amide bonds. The van der Waals surface area contributed by atoms with Crippen molar-refractivity contribution in [2.75, 3.05) is 11.9 Å². The van der Waals surface area contributed by atoms with Gasteiger partial charge in [-0.3, -0.25) is 4.79 Å². The molecule has 3 rings (SSSR count). The van der Waals surface area contributed by atoms with E-state index < -0.39 is 22.0 Å². The number of carbonyl (C=O) groups is 1. The number of ether oxygens (including phenoxy) is 1. The van der Waals surface area contributed by atoms with E-state index in [0.717, 1.165) is 5.56 Å². The molecule has 0 aliphatic heterocycles. The summed E-state index contributed by atoms with van der Waals surface area (Å²) in [4.78, 5) is 13.1. The van der Waals surface area contributed by atoms with Crippen LogP contribution in [0.15, 0.2) is 77.7 Å². The van der Waals surface area contributed by atoms with Crippen molar-refractivity contribution >= 4 is 44.8 Å². The zero-order chi connectivity index (χ0) is 23.1. The van der Waals surface area contributed by atoms with E-state index in [0.29, 0.717) is 23.1 Å². The molecule has 3 aromatic carbocycles. The summed E-state index contributed by atoms with van der Waals surface area (Å²) in [6.45, 7) is 2.31. The summed E-state index contributed by atoms with van der Waals surface area (Å²) >= 11 is 12.0. The topological polar surface area (TPSA) is 84.5 Å². The molecular formula is C23H22Cl2N2O4S. The van der Waals surface area contributed by atoms with E-state index in [4.69, 9.17) is 27.9 Å². The predicted molar refractivity (Wildman–Crippen MR) is 127 cm³/mol. The summed E-state index contributed by atoms with van der Waals surface area (Å²) in [5.74, 6) is 0.0337. The molecule has 0 heterocycles. The Bertz CT molecular complexity index is 1170. The molecule has 0 spiro atoms. The van der Waals surface area contributed by atoms with E-state index in [1.54, 1.807) is 24.3 Å². The quantitative estimate of drug-likeness (QED) is 0.443. The van der Waals surface area contributed by atoms with Gasteiger partial charge in [0.2, 0.25) is 15.9 Å². The van der Waals surface area contributed by atoms with Crippen LogP contribution >= 0.6 is 23.2 Å². The molecule has 0 aromatic heterocycles. The van der Waals surface area contributed by atoms with E-state index in [-0.39, 0.29) is 16.3 Å². The van der Waals surface area contributed by atoms with Gasteiger partial charge in [0.25, 0.3) is 0 Å². The molecular weight excluding hydrogens is 471 g/mol. The molecule has 1 atom stereocenters. The monoisotopic (exact) mass is 492 g/mol. The number of rotatable bonds is 9. The molecule has 9 heteroatoms. The standard InChI is InChI=1S/C23H22Cl2N2O4S/c1-2-31-18-9-11-19(12-10-18)32(29,30)27-22(14-16-6-4-3-5-7-16)23(28)26-17-8-13-20(24)21(25)15-17/h3-13,15,22,27H,2,14H2,1H3,(H,26,28)/t22-/m0/s1. The fourth-order valence-corrected chi connectivity index (χ4v) is 4.47. The molecule has 32 heavy (non-hydrogen) atoms. The van der Waals surface area contributed by atoms with Crippen molar-refractivity contribution in [2.45, 2.75) is 24.3 Å². The number of hydrogen-bond donors (Lipinski definition) is 2. The number of carbonyl (C=O) groups excluding carboxylic acids is 1. The van der Waals surface area contributed by atoms with Crippen molar-refractivity contribution in [3.8, 4) is 5.75 Å². The molecule has 0 aliphatic carbocycles. The lowest BCUT2D eigenvalue weighted by atomic mass is 10.1. The molecule has 0 saturated heterocycles. The van der Waals surface area contributed by atoms with Crippen molar-refractivity contribution < 1.29 is 17.9 Å². The second kappa shape index (κ2) is 10.8. The minimum Gasteiger partial charge on any atom is -0.494 e. The van der Waals surface area contributed by atoms with E-state index in [9.17, 15) is 13.2 Å². The lowest BCUT2D eigenvalue weighted by Gasteiger charge is -2.19. The number of anilines is 1. The van der Waals surface area contributed by atoms with Crippen molar-refractivity contribution in [1.29, 1.82) is 0 Å². The summed E-state index contributed by atoms with van der Waals surface area (Å²) < 4.78 is 33.8. The normalized spacial score (nSPS) is 12.2. The van der Waals surface area contributed by atoms with Crippen molar-refractivity contribution in [3.63, 3.8) is 0 Å². The maximum atomic E-state index is 13.0. The van der Waals surface area contributed by atoms with E-state index in [1.165, 1.54) is 18.2 Å². The number of benzene rings is 3. The van der Waals surface area contributed by atoms with Gasteiger partial charge in [-0.25, -0.2) is 8.42 Å². The van der Waals surface area contributed by atoms with E-state index >= 15 is 0 Å². The van der Waals surface area contributed by atoms with Crippen LogP contribution in [0.2, 0.25) is 10.0 Å². The third kappa shape index (κ3) is 6.46. The van der Waals surface area contributed by atoms with Gasteiger partial charge in [0.1, 0.15) is 11.8 Å². The van der Waals surface area contributed by atoms with Gasteiger partial charge in [-0.15, -0.1) is 0 Å². The highest BCUT2D eigenvalue weighted by atomic mass is 35.5. The summed E-state index contributed by atoms with van der Waals surface area (Å²) in [7, 11) is -3.98. The highest BCUT2D eigenvalue weighted by Crippen LogP contribution is 2.25. The zero-order valence-electron chi connectivity index (χ0n) is 17.2. The van der Waals surface area contributed by atoms with Crippen LogP contribution < -0.4 is 14.8 Å². The maximum absolute atomic E-state index is 13.0. The Morgan fingerprint density at radius 2 is 1.66 bits per heavy atom. The molecule has 0 unspecified atom stereocenters. The number of nitrogens with one attached hydrogen (secondary N) is 2. The van der Waals surface area contributed by atoms with Crippen LogP contribution in [0.3, 0.4) is 0 Å². The Labute approximate surface area is 197 Å². The van der Waals surface area contributed by atoms with Gasteiger partial charge in [-0.1, -0.05) is 53.5 Å². The third-order valence-corrected chi connectivity index (χ3v) is 6.76. The van der Waals surface area contributed by atoms with Crippen LogP contribution in [-0.2, 0) is 21.2 Å². The minimum absolute atomic E-state index is 0.0290. The third-order valence-electron chi connectivity index (χ3n) is 4.53. The van der Waals surface area contributed by atoms with E-state index in [2.05, 4.69) is 10.0 Å². The first-order valence-electron chi connectivity index (χ1n) is 9.83. The SMILES string of the molecule is CCOc1ccc(S(=O)(=O)N[C@@H](Cc2ccccc2)C(=O)Nc2ccc(Cl)c(Cl)c2)cc1. The van der Waals surface area contributed by atoms with Gasteiger partial charge >= 0.3 is 0 Å². The molecule has 0 fully saturated rings.